The van der Waals surface area contributed by atoms with Crippen molar-refractivity contribution in [2.24, 2.45) is 0 Å². The van der Waals surface area contributed by atoms with Gasteiger partial charge in [-0.25, -0.2) is 8.42 Å². The molecule has 1 unspecified atom stereocenters. The monoisotopic (exact) mass is 569 g/mol. The maximum absolute atomic E-state index is 14.0. The van der Waals surface area contributed by atoms with E-state index >= 15 is 0 Å². The fourth-order valence-corrected chi connectivity index (χ4v) is 5.81. The Hall–Kier alpha value is -3.36. The quantitative estimate of drug-likeness (QED) is 0.335. The molecule has 3 aromatic carbocycles. The van der Waals surface area contributed by atoms with E-state index in [2.05, 4.69) is 5.32 Å². The molecule has 0 radical (unpaired) electrons. The molecule has 0 spiro atoms. The Morgan fingerprint density at radius 2 is 1.62 bits per heavy atom. The van der Waals surface area contributed by atoms with Crippen molar-refractivity contribution in [1.82, 2.24) is 10.2 Å². The van der Waals surface area contributed by atoms with Crippen molar-refractivity contribution in [3.05, 3.63) is 94.0 Å². The molecular formula is C30H36ClN3O4S. The number of hydrogen-bond donors (Lipinski definition) is 1. The molecule has 2 amide bonds. The molecule has 0 bridgehead atoms. The minimum atomic E-state index is -4.12. The van der Waals surface area contributed by atoms with Crippen molar-refractivity contribution in [3.63, 3.8) is 0 Å². The van der Waals surface area contributed by atoms with Crippen LogP contribution in [0.2, 0.25) is 5.02 Å². The van der Waals surface area contributed by atoms with Gasteiger partial charge in [0.05, 0.1) is 10.6 Å². The number of carbonyl (C=O) groups excluding carboxylic acids is 2. The van der Waals surface area contributed by atoms with Gasteiger partial charge in [0.15, 0.2) is 0 Å². The first-order valence-corrected chi connectivity index (χ1v) is 14.7. The number of rotatable bonds is 11. The molecular weight excluding hydrogens is 534 g/mol. The number of hydrogen-bond acceptors (Lipinski definition) is 4. The molecule has 0 saturated heterocycles. The molecule has 7 nitrogen and oxygen atoms in total. The van der Waals surface area contributed by atoms with E-state index in [-0.39, 0.29) is 17.3 Å². The Morgan fingerprint density at radius 1 is 0.949 bits per heavy atom. The predicted molar refractivity (Wildman–Crippen MR) is 156 cm³/mol. The minimum absolute atomic E-state index is 0.0461. The Balaban J connectivity index is 2.07. The smallest absolute Gasteiger partial charge is 0.264 e. The molecule has 208 valence electrons. The summed E-state index contributed by atoms with van der Waals surface area (Å²) in [4.78, 5) is 28.4. The normalized spacial score (nSPS) is 12.1. The van der Waals surface area contributed by atoms with E-state index in [1.54, 1.807) is 55.5 Å². The molecule has 1 N–H and O–H groups in total. The third-order valence-electron chi connectivity index (χ3n) is 6.75. The van der Waals surface area contributed by atoms with Gasteiger partial charge in [-0.3, -0.25) is 13.9 Å². The average Bonchev–Trinajstić information content (AvgIpc) is 2.91. The van der Waals surface area contributed by atoms with E-state index in [0.29, 0.717) is 22.8 Å². The largest absolute Gasteiger partial charge is 0.354 e. The van der Waals surface area contributed by atoms with Crippen LogP contribution in [0.5, 0.6) is 0 Å². The first kappa shape index (κ1) is 30.2. The van der Waals surface area contributed by atoms with E-state index < -0.39 is 28.5 Å². The zero-order valence-corrected chi connectivity index (χ0v) is 24.6. The summed E-state index contributed by atoms with van der Waals surface area (Å²) >= 11 is 6.40. The van der Waals surface area contributed by atoms with Gasteiger partial charge in [-0.1, -0.05) is 66.6 Å². The number of anilines is 1. The van der Waals surface area contributed by atoms with Crippen LogP contribution in [0, 0.1) is 20.8 Å². The molecule has 0 aliphatic carbocycles. The molecule has 9 heteroatoms. The highest BCUT2D eigenvalue weighted by Crippen LogP contribution is 2.29. The highest BCUT2D eigenvalue weighted by molar-refractivity contribution is 7.92. The van der Waals surface area contributed by atoms with Gasteiger partial charge in [0.2, 0.25) is 11.8 Å². The molecule has 3 rings (SSSR count). The highest BCUT2D eigenvalue weighted by atomic mass is 35.5. The number of sulfonamides is 1. The molecule has 0 aliphatic heterocycles. The lowest BCUT2D eigenvalue weighted by molar-refractivity contribution is -0.139. The van der Waals surface area contributed by atoms with E-state index in [0.717, 1.165) is 27.4 Å². The summed E-state index contributed by atoms with van der Waals surface area (Å²) in [5, 5.41) is 3.29. The van der Waals surface area contributed by atoms with Crippen molar-refractivity contribution in [2.45, 2.75) is 58.5 Å². The summed E-state index contributed by atoms with van der Waals surface area (Å²) in [5.74, 6) is -0.845. The Bertz CT molecular complexity index is 1420. The van der Waals surface area contributed by atoms with Crippen LogP contribution < -0.4 is 9.62 Å². The van der Waals surface area contributed by atoms with Crippen molar-refractivity contribution < 1.29 is 18.0 Å². The van der Waals surface area contributed by atoms with Crippen LogP contribution in [0.15, 0.2) is 71.6 Å². The molecule has 0 heterocycles. The molecule has 3 aromatic rings. The van der Waals surface area contributed by atoms with E-state index in [1.807, 2.05) is 33.8 Å². The van der Waals surface area contributed by atoms with E-state index in [4.69, 9.17) is 11.6 Å². The predicted octanol–water partition coefficient (Wildman–Crippen LogP) is 5.40. The summed E-state index contributed by atoms with van der Waals surface area (Å²) in [6.07, 6.45) is 0.742. The standard InChI is InChI=1S/C30H36ClN3O4S/c1-6-18-32-30(36)24(5)33(19-25-11-7-8-12-27(25)31)29(35)20-34(28-13-9-10-22(3)23(28)4)39(37,38)26-16-14-21(2)15-17-26/h7-17,24H,6,18-20H2,1-5H3,(H,32,36). The molecule has 0 aromatic heterocycles. The SMILES string of the molecule is CCCNC(=O)C(C)N(Cc1ccccc1Cl)C(=O)CN(c1cccc(C)c1C)S(=O)(=O)c1ccc(C)cc1. The second-order valence-corrected chi connectivity index (χ2v) is 11.9. The molecule has 1 atom stereocenters. The topological polar surface area (TPSA) is 86.8 Å². The van der Waals surface area contributed by atoms with Crippen LogP contribution in [0.3, 0.4) is 0 Å². The zero-order chi connectivity index (χ0) is 28.7. The van der Waals surface area contributed by atoms with Gasteiger partial charge in [0.25, 0.3) is 10.0 Å². The number of nitrogens with one attached hydrogen (secondary N) is 1. The number of carbonyl (C=O) groups is 2. The third-order valence-corrected chi connectivity index (χ3v) is 8.89. The average molecular weight is 570 g/mol. The van der Waals surface area contributed by atoms with Crippen LogP contribution in [0.1, 0.15) is 42.5 Å². The Kier molecular flexibility index (Phi) is 10.2. The maximum Gasteiger partial charge on any atom is 0.264 e. The van der Waals surface area contributed by atoms with Gasteiger partial charge in [0.1, 0.15) is 12.6 Å². The summed E-state index contributed by atoms with van der Waals surface area (Å²) in [7, 11) is -4.12. The van der Waals surface area contributed by atoms with Gasteiger partial charge in [-0.2, -0.15) is 0 Å². The van der Waals surface area contributed by atoms with Crippen molar-refractivity contribution in [3.8, 4) is 0 Å². The van der Waals surface area contributed by atoms with Crippen LogP contribution >= 0.6 is 11.6 Å². The van der Waals surface area contributed by atoms with Crippen molar-refractivity contribution in [2.75, 3.05) is 17.4 Å². The van der Waals surface area contributed by atoms with E-state index in [1.165, 1.54) is 17.0 Å². The van der Waals surface area contributed by atoms with Crippen LogP contribution in [-0.2, 0) is 26.2 Å². The summed E-state index contributed by atoms with van der Waals surface area (Å²) in [6.45, 7) is 9.19. The number of aryl methyl sites for hydroxylation is 2. The number of halogens is 1. The van der Waals surface area contributed by atoms with Crippen molar-refractivity contribution >= 4 is 39.1 Å². The highest BCUT2D eigenvalue weighted by Gasteiger charge is 2.33. The lowest BCUT2D eigenvalue weighted by atomic mass is 10.1. The molecule has 0 fully saturated rings. The Labute approximate surface area is 236 Å². The Morgan fingerprint density at radius 3 is 2.26 bits per heavy atom. The molecule has 0 aliphatic rings. The zero-order valence-electron chi connectivity index (χ0n) is 23.1. The fraction of sp³-hybridized carbons (Fsp3) is 0.333. The van der Waals surface area contributed by atoms with Crippen LogP contribution in [0.4, 0.5) is 5.69 Å². The molecule has 0 saturated carbocycles. The fourth-order valence-electron chi connectivity index (χ4n) is 4.15. The lowest BCUT2D eigenvalue weighted by Crippen LogP contribution is -2.51. The summed E-state index contributed by atoms with van der Waals surface area (Å²) in [5.41, 5.74) is 3.62. The summed E-state index contributed by atoms with van der Waals surface area (Å²) in [6, 6.07) is 18.1. The van der Waals surface area contributed by atoms with Crippen LogP contribution in [-0.4, -0.2) is 44.3 Å². The van der Waals surface area contributed by atoms with Crippen LogP contribution in [0.25, 0.3) is 0 Å². The second-order valence-electron chi connectivity index (χ2n) is 9.62. The second kappa shape index (κ2) is 13.1. The first-order chi connectivity index (χ1) is 18.5. The molecule has 39 heavy (non-hydrogen) atoms. The maximum atomic E-state index is 14.0. The number of benzene rings is 3. The first-order valence-electron chi connectivity index (χ1n) is 12.9. The third kappa shape index (κ3) is 7.19. The van der Waals surface area contributed by atoms with Gasteiger partial charge in [-0.05, 0) is 75.1 Å². The van der Waals surface area contributed by atoms with Gasteiger partial charge < -0.3 is 10.2 Å². The van der Waals surface area contributed by atoms with Crippen molar-refractivity contribution in [1.29, 1.82) is 0 Å². The van der Waals surface area contributed by atoms with Gasteiger partial charge in [-0.15, -0.1) is 0 Å². The number of amides is 2. The van der Waals surface area contributed by atoms with E-state index in [9.17, 15) is 18.0 Å². The lowest BCUT2D eigenvalue weighted by Gasteiger charge is -2.32. The van der Waals surface area contributed by atoms with Gasteiger partial charge in [0, 0.05) is 18.1 Å². The minimum Gasteiger partial charge on any atom is -0.354 e. The number of nitrogens with zero attached hydrogens (tertiary/aromatic N) is 2. The summed E-state index contributed by atoms with van der Waals surface area (Å²) < 4.78 is 29.1. The van der Waals surface area contributed by atoms with Gasteiger partial charge >= 0.3 is 0 Å².